The van der Waals surface area contributed by atoms with E-state index >= 15 is 0 Å². The number of hydrogen-bond acceptors (Lipinski definition) is 3. The van der Waals surface area contributed by atoms with E-state index < -0.39 is 0 Å². The lowest BCUT2D eigenvalue weighted by atomic mass is 10.3. The van der Waals surface area contributed by atoms with E-state index in [0.29, 0.717) is 16.7 Å². The Bertz CT molecular complexity index is 557. The Hall–Kier alpha value is -0.740. The summed E-state index contributed by atoms with van der Waals surface area (Å²) in [6, 6.07) is 9.55. The predicted octanol–water partition coefficient (Wildman–Crippen LogP) is 5.13. The first-order chi connectivity index (χ1) is 9.69. The van der Waals surface area contributed by atoms with Crippen molar-refractivity contribution in [1.82, 2.24) is 5.32 Å². The second-order valence-electron chi connectivity index (χ2n) is 4.41. The summed E-state index contributed by atoms with van der Waals surface area (Å²) in [5.74, 6) is 0.735. The zero-order valence-electron chi connectivity index (χ0n) is 11.3. The molecule has 0 bridgehead atoms. The first-order valence-corrected chi connectivity index (χ1v) is 8.12. The van der Waals surface area contributed by atoms with Crippen LogP contribution >= 0.6 is 34.5 Å². The zero-order valence-corrected chi connectivity index (χ0v) is 13.6. The molecule has 0 amide bonds. The summed E-state index contributed by atoms with van der Waals surface area (Å²) in [5, 5.41) is 4.44. The van der Waals surface area contributed by atoms with E-state index in [9.17, 15) is 0 Å². The smallest absolute Gasteiger partial charge is 0.122 e. The number of thiophene rings is 1. The summed E-state index contributed by atoms with van der Waals surface area (Å²) in [7, 11) is 0. The second kappa shape index (κ2) is 7.89. The second-order valence-corrected chi connectivity index (χ2v) is 6.48. The van der Waals surface area contributed by atoms with Gasteiger partial charge in [0.2, 0.25) is 0 Å². The van der Waals surface area contributed by atoms with Gasteiger partial charge in [0.25, 0.3) is 0 Å². The summed E-state index contributed by atoms with van der Waals surface area (Å²) in [5.41, 5.74) is 0. The van der Waals surface area contributed by atoms with Crippen molar-refractivity contribution in [2.75, 3.05) is 6.54 Å². The largest absolute Gasteiger partial charge is 0.488 e. The highest BCUT2D eigenvalue weighted by molar-refractivity contribution is 7.11. The molecular weight excluding hydrogens is 313 g/mol. The van der Waals surface area contributed by atoms with E-state index in [0.717, 1.165) is 25.3 Å². The van der Waals surface area contributed by atoms with Crippen molar-refractivity contribution in [3.8, 4) is 5.75 Å². The van der Waals surface area contributed by atoms with Gasteiger partial charge in [0, 0.05) is 22.4 Å². The average Bonchev–Trinajstić information content (AvgIpc) is 2.88. The quantitative estimate of drug-likeness (QED) is 0.710. The third kappa shape index (κ3) is 4.67. The highest BCUT2D eigenvalue weighted by Crippen LogP contribution is 2.27. The van der Waals surface area contributed by atoms with Crippen LogP contribution in [0.25, 0.3) is 0 Å². The van der Waals surface area contributed by atoms with Crippen molar-refractivity contribution in [3.05, 3.63) is 50.1 Å². The lowest BCUT2D eigenvalue weighted by molar-refractivity contribution is 0.310. The predicted molar refractivity (Wildman–Crippen MR) is 87.1 cm³/mol. The monoisotopic (exact) mass is 329 g/mol. The fourth-order valence-corrected chi connectivity index (χ4v) is 2.89. The molecular formula is C15H17Cl2NOS. The third-order valence-corrected chi connectivity index (χ3v) is 4.51. The molecule has 1 aromatic heterocycles. The summed E-state index contributed by atoms with van der Waals surface area (Å²) < 4.78 is 5.71. The number of nitrogens with one attached hydrogen (secondary N) is 1. The van der Waals surface area contributed by atoms with E-state index in [1.165, 1.54) is 9.75 Å². The first-order valence-electron chi connectivity index (χ1n) is 6.55. The molecule has 0 aliphatic carbocycles. The Morgan fingerprint density at radius 3 is 2.65 bits per heavy atom. The number of hydrogen-bond donors (Lipinski definition) is 1. The third-order valence-electron chi connectivity index (χ3n) is 2.72. The molecule has 0 spiro atoms. The van der Waals surface area contributed by atoms with Crippen molar-refractivity contribution < 1.29 is 4.74 Å². The molecule has 0 fully saturated rings. The molecule has 1 N–H and O–H groups in total. The van der Waals surface area contributed by atoms with Gasteiger partial charge in [-0.3, -0.25) is 0 Å². The molecule has 0 atom stereocenters. The van der Waals surface area contributed by atoms with Gasteiger partial charge < -0.3 is 10.1 Å². The van der Waals surface area contributed by atoms with E-state index in [1.54, 1.807) is 23.5 Å². The molecule has 0 saturated heterocycles. The summed E-state index contributed by atoms with van der Waals surface area (Å²) in [6.45, 7) is 4.69. The van der Waals surface area contributed by atoms with Crippen LogP contribution in [0.5, 0.6) is 5.75 Å². The SMILES string of the molecule is CCCNCc1ccc(COc2ccc(Cl)c(Cl)c2)s1. The fourth-order valence-electron chi connectivity index (χ4n) is 1.70. The minimum Gasteiger partial charge on any atom is -0.488 e. The van der Waals surface area contributed by atoms with Crippen LogP contribution in [-0.2, 0) is 13.2 Å². The van der Waals surface area contributed by atoms with Gasteiger partial charge >= 0.3 is 0 Å². The summed E-state index contributed by atoms with van der Waals surface area (Å²) >= 11 is 13.6. The maximum absolute atomic E-state index is 5.95. The number of rotatable bonds is 7. The van der Waals surface area contributed by atoms with Crippen LogP contribution in [0.1, 0.15) is 23.1 Å². The van der Waals surface area contributed by atoms with Gasteiger partial charge in [-0.1, -0.05) is 30.1 Å². The number of ether oxygens (including phenoxy) is 1. The summed E-state index contributed by atoms with van der Waals surface area (Å²) in [6.07, 6.45) is 1.15. The van der Waals surface area contributed by atoms with Gasteiger partial charge in [0.1, 0.15) is 12.4 Å². The Morgan fingerprint density at radius 2 is 1.90 bits per heavy atom. The highest BCUT2D eigenvalue weighted by atomic mass is 35.5. The van der Waals surface area contributed by atoms with Gasteiger partial charge in [-0.2, -0.15) is 0 Å². The van der Waals surface area contributed by atoms with Crippen molar-refractivity contribution in [3.63, 3.8) is 0 Å². The Kier molecular flexibility index (Phi) is 6.17. The van der Waals surface area contributed by atoms with Crippen molar-refractivity contribution >= 4 is 34.5 Å². The van der Waals surface area contributed by atoms with E-state index in [2.05, 4.69) is 24.4 Å². The first kappa shape index (κ1) is 15.6. The highest BCUT2D eigenvalue weighted by Gasteiger charge is 2.03. The van der Waals surface area contributed by atoms with Crippen LogP contribution in [0.4, 0.5) is 0 Å². The molecule has 5 heteroatoms. The van der Waals surface area contributed by atoms with Gasteiger partial charge in [-0.25, -0.2) is 0 Å². The van der Waals surface area contributed by atoms with Gasteiger partial charge in [0.15, 0.2) is 0 Å². The minimum atomic E-state index is 0.514. The van der Waals surface area contributed by atoms with Crippen molar-refractivity contribution in [2.24, 2.45) is 0 Å². The Balaban J connectivity index is 1.85. The lowest BCUT2D eigenvalue weighted by Crippen LogP contribution is -2.12. The molecule has 108 valence electrons. The molecule has 1 aromatic carbocycles. The minimum absolute atomic E-state index is 0.514. The number of benzene rings is 1. The van der Waals surface area contributed by atoms with Gasteiger partial charge in [-0.15, -0.1) is 11.3 Å². The maximum atomic E-state index is 5.95. The average molecular weight is 330 g/mol. The van der Waals surface area contributed by atoms with Crippen LogP contribution in [0.2, 0.25) is 10.0 Å². The van der Waals surface area contributed by atoms with Gasteiger partial charge in [-0.05, 0) is 37.2 Å². The van der Waals surface area contributed by atoms with E-state index in [1.807, 2.05) is 6.07 Å². The Labute approximate surface area is 133 Å². The van der Waals surface area contributed by atoms with E-state index in [-0.39, 0.29) is 0 Å². The number of halogens is 2. The molecule has 2 nitrogen and oxygen atoms in total. The molecule has 2 aromatic rings. The van der Waals surface area contributed by atoms with Crippen LogP contribution < -0.4 is 10.1 Å². The zero-order chi connectivity index (χ0) is 14.4. The summed E-state index contributed by atoms with van der Waals surface area (Å²) in [4.78, 5) is 2.52. The molecule has 0 aliphatic rings. The molecule has 20 heavy (non-hydrogen) atoms. The molecule has 0 saturated carbocycles. The molecule has 2 rings (SSSR count). The molecule has 1 heterocycles. The molecule has 0 radical (unpaired) electrons. The Morgan fingerprint density at radius 1 is 1.10 bits per heavy atom. The fraction of sp³-hybridized carbons (Fsp3) is 0.333. The normalized spacial score (nSPS) is 10.8. The van der Waals surface area contributed by atoms with E-state index in [4.69, 9.17) is 27.9 Å². The van der Waals surface area contributed by atoms with Crippen LogP contribution in [0.15, 0.2) is 30.3 Å². The van der Waals surface area contributed by atoms with Gasteiger partial charge in [0.05, 0.1) is 10.0 Å². The maximum Gasteiger partial charge on any atom is 0.122 e. The van der Waals surface area contributed by atoms with Crippen LogP contribution in [-0.4, -0.2) is 6.54 Å². The van der Waals surface area contributed by atoms with Crippen LogP contribution in [0.3, 0.4) is 0 Å². The topological polar surface area (TPSA) is 21.3 Å². The van der Waals surface area contributed by atoms with Crippen LogP contribution in [0, 0.1) is 0 Å². The molecule has 0 aliphatic heterocycles. The van der Waals surface area contributed by atoms with Crippen molar-refractivity contribution in [1.29, 1.82) is 0 Å². The lowest BCUT2D eigenvalue weighted by Gasteiger charge is -2.05. The van der Waals surface area contributed by atoms with Crippen molar-refractivity contribution in [2.45, 2.75) is 26.5 Å². The molecule has 0 unspecified atom stereocenters. The standard InChI is InChI=1S/C15H17Cl2NOS/c1-2-7-18-9-12-4-5-13(20-12)10-19-11-3-6-14(16)15(17)8-11/h3-6,8,18H,2,7,9-10H2,1H3.